The average molecular weight is 224 g/mol. The summed E-state index contributed by atoms with van der Waals surface area (Å²) in [5.41, 5.74) is 9.39. The van der Waals surface area contributed by atoms with E-state index in [0.29, 0.717) is 22.0 Å². The summed E-state index contributed by atoms with van der Waals surface area (Å²) in [5, 5.41) is 2.85. The van der Waals surface area contributed by atoms with Crippen LogP contribution in [0.15, 0.2) is 12.1 Å². The summed E-state index contributed by atoms with van der Waals surface area (Å²) in [6, 6.07) is 3.20. The van der Waals surface area contributed by atoms with E-state index in [0.717, 1.165) is 0 Å². The van der Waals surface area contributed by atoms with Crippen molar-refractivity contribution in [1.29, 1.82) is 0 Å². The van der Waals surface area contributed by atoms with Gasteiger partial charge in [0, 0.05) is 0 Å². The SMILES string of the molecule is COc1ccc(Cl)c2c1NC(=O)C2=[N+]=[N-]. The Kier molecular flexibility index (Phi) is 2.19. The fraction of sp³-hybridized carbons (Fsp3) is 0.111. The van der Waals surface area contributed by atoms with Gasteiger partial charge in [-0.3, -0.25) is 4.79 Å². The first-order valence-electron chi connectivity index (χ1n) is 4.09. The van der Waals surface area contributed by atoms with E-state index in [-0.39, 0.29) is 5.71 Å². The lowest BCUT2D eigenvalue weighted by Crippen LogP contribution is -2.15. The van der Waals surface area contributed by atoms with Crippen LogP contribution in [0.4, 0.5) is 5.69 Å². The minimum absolute atomic E-state index is 0.103. The zero-order chi connectivity index (χ0) is 11.0. The van der Waals surface area contributed by atoms with E-state index >= 15 is 0 Å². The number of carbonyl (C=O) groups excluding carboxylic acids is 1. The number of hydrogen-bond donors (Lipinski definition) is 1. The monoisotopic (exact) mass is 223 g/mol. The molecule has 0 bridgehead atoms. The summed E-state index contributed by atoms with van der Waals surface area (Å²) in [6.45, 7) is 0. The predicted molar refractivity (Wildman–Crippen MR) is 54.4 cm³/mol. The number of amides is 1. The molecule has 0 aliphatic carbocycles. The van der Waals surface area contributed by atoms with Gasteiger partial charge in [0.1, 0.15) is 17.0 Å². The minimum atomic E-state index is -0.501. The Balaban J connectivity index is 2.77. The number of nitrogens with zero attached hydrogens (tertiary/aromatic N) is 2. The van der Waals surface area contributed by atoms with Gasteiger partial charge in [0.05, 0.1) is 12.1 Å². The summed E-state index contributed by atoms with van der Waals surface area (Å²) in [7, 11) is 1.48. The number of hydrogen-bond acceptors (Lipinski definition) is 2. The second kappa shape index (κ2) is 3.38. The highest BCUT2D eigenvalue weighted by Gasteiger charge is 2.37. The molecule has 6 heteroatoms. The Morgan fingerprint density at radius 3 is 2.87 bits per heavy atom. The number of rotatable bonds is 1. The first-order valence-corrected chi connectivity index (χ1v) is 4.47. The lowest BCUT2D eigenvalue weighted by molar-refractivity contribution is -0.114. The first kappa shape index (κ1) is 9.71. The number of fused-ring (bicyclic) bond motifs is 1. The van der Waals surface area contributed by atoms with Crippen molar-refractivity contribution in [3.63, 3.8) is 0 Å². The van der Waals surface area contributed by atoms with Gasteiger partial charge >= 0.3 is 11.6 Å². The number of methoxy groups -OCH3 is 1. The van der Waals surface area contributed by atoms with Gasteiger partial charge in [-0.2, -0.15) is 4.79 Å². The summed E-state index contributed by atoms with van der Waals surface area (Å²) in [4.78, 5) is 14.3. The maximum absolute atomic E-state index is 11.4. The molecule has 1 aliphatic heterocycles. The third-order valence-corrected chi connectivity index (χ3v) is 2.44. The van der Waals surface area contributed by atoms with E-state index in [4.69, 9.17) is 21.9 Å². The van der Waals surface area contributed by atoms with Crippen molar-refractivity contribution in [2.45, 2.75) is 0 Å². The van der Waals surface area contributed by atoms with Crippen molar-refractivity contribution < 1.29 is 14.3 Å². The Bertz CT molecular complexity index is 506. The highest BCUT2D eigenvalue weighted by molar-refractivity contribution is 6.55. The van der Waals surface area contributed by atoms with Gasteiger partial charge in [-0.15, -0.1) is 0 Å². The molecule has 0 radical (unpaired) electrons. The van der Waals surface area contributed by atoms with Crippen LogP contribution in [-0.4, -0.2) is 23.5 Å². The lowest BCUT2D eigenvalue weighted by Gasteiger charge is -2.05. The van der Waals surface area contributed by atoms with Crippen molar-refractivity contribution >= 4 is 28.9 Å². The van der Waals surface area contributed by atoms with Crippen molar-refractivity contribution in [3.05, 3.63) is 28.2 Å². The van der Waals surface area contributed by atoms with Crippen LogP contribution in [0.1, 0.15) is 5.56 Å². The van der Waals surface area contributed by atoms with E-state index in [1.54, 1.807) is 12.1 Å². The molecule has 0 saturated carbocycles. The van der Waals surface area contributed by atoms with Gasteiger partial charge in [0.15, 0.2) is 0 Å². The number of anilines is 1. The molecule has 0 spiro atoms. The van der Waals surface area contributed by atoms with Crippen molar-refractivity contribution in [2.75, 3.05) is 12.4 Å². The molecule has 1 heterocycles. The highest BCUT2D eigenvalue weighted by Crippen LogP contribution is 2.37. The van der Waals surface area contributed by atoms with Crippen LogP contribution in [0.3, 0.4) is 0 Å². The Labute approximate surface area is 90.2 Å². The molecule has 1 aromatic rings. The number of nitrogens with one attached hydrogen (secondary N) is 1. The average Bonchev–Trinajstić information content (AvgIpc) is 2.56. The van der Waals surface area contributed by atoms with Crippen LogP contribution in [0, 0.1) is 0 Å². The van der Waals surface area contributed by atoms with Gasteiger partial charge in [0.25, 0.3) is 0 Å². The van der Waals surface area contributed by atoms with Crippen LogP contribution in [-0.2, 0) is 4.79 Å². The van der Waals surface area contributed by atoms with Crippen LogP contribution >= 0.6 is 11.6 Å². The maximum Gasteiger partial charge on any atom is 0.390 e. The van der Waals surface area contributed by atoms with Crippen molar-refractivity contribution in [3.8, 4) is 5.75 Å². The molecular weight excluding hydrogens is 218 g/mol. The topological polar surface area (TPSA) is 74.7 Å². The number of halogens is 1. The van der Waals surface area contributed by atoms with Gasteiger partial charge in [-0.25, -0.2) is 0 Å². The highest BCUT2D eigenvalue weighted by atomic mass is 35.5. The van der Waals surface area contributed by atoms with E-state index in [1.807, 2.05) is 0 Å². The molecule has 1 N–H and O–H groups in total. The molecule has 5 nitrogen and oxygen atoms in total. The zero-order valence-electron chi connectivity index (χ0n) is 7.74. The molecule has 15 heavy (non-hydrogen) atoms. The minimum Gasteiger partial charge on any atom is -0.495 e. The van der Waals surface area contributed by atoms with Crippen LogP contribution in [0.5, 0.6) is 5.75 Å². The first-order chi connectivity index (χ1) is 7.19. The van der Waals surface area contributed by atoms with E-state index in [1.165, 1.54) is 7.11 Å². The summed E-state index contributed by atoms with van der Waals surface area (Å²) >= 11 is 5.90. The lowest BCUT2D eigenvalue weighted by atomic mass is 10.1. The molecule has 1 aromatic carbocycles. The largest absolute Gasteiger partial charge is 0.495 e. The Morgan fingerprint density at radius 2 is 2.27 bits per heavy atom. The normalized spacial score (nSPS) is 13.2. The van der Waals surface area contributed by atoms with Crippen molar-refractivity contribution in [1.82, 2.24) is 0 Å². The molecule has 1 aliphatic rings. The van der Waals surface area contributed by atoms with E-state index < -0.39 is 5.91 Å². The zero-order valence-corrected chi connectivity index (χ0v) is 8.50. The molecule has 76 valence electrons. The molecule has 0 fully saturated rings. The summed E-state index contributed by atoms with van der Waals surface area (Å²) in [6.07, 6.45) is 0. The molecule has 2 rings (SSSR count). The summed E-state index contributed by atoms with van der Waals surface area (Å²) < 4.78 is 5.04. The van der Waals surface area contributed by atoms with Crippen LogP contribution < -0.4 is 10.1 Å². The fourth-order valence-corrected chi connectivity index (χ4v) is 1.71. The molecular formula is C9H6ClN3O2. The number of benzene rings is 1. The van der Waals surface area contributed by atoms with Gasteiger partial charge < -0.3 is 15.6 Å². The molecule has 0 atom stereocenters. The predicted octanol–water partition coefficient (Wildman–Crippen LogP) is 1.32. The molecule has 0 aromatic heterocycles. The number of carbonyl (C=O) groups is 1. The molecule has 1 amide bonds. The van der Waals surface area contributed by atoms with Gasteiger partial charge in [-0.1, -0.05) is 11.6 Å². The second-order valence-corrected chi connectivity index (χ2v) is 3.31. The van der Waals surface area contributed by atoms with Gasteiger partial charge in [0.2, 0.25) is 0 Å². The van der Waals surface area contributed by atoms with E-state index in [2.05, 4.69) is 10.1 Å². The Morgan fingerprint density at radius 1 is 1.53 bits per heavy atom. The molecule has 0 saturated heterocycles. The third kappa shape index (κ3) is 1.29. The smallest absolute Gasteiger partial charge is 0.390 e. The third-order valence-electron chi connectivity index (χ3n) is 2.13. The second-order valence-electron chi connectivity index (χ2n) is 2.90. The van der Waals surface area contributed by atoms with Crippen LogP contribution in [0.2, 0.25) is 5.02 Å². The van der Waals surface area contributed by atoms with E-state index in [9.17, 15) is 4.79 Å². The van der Waals surface area contributed by atoms with Gasteiger partial charge in [-0.05, 0) is 12.1 Å². The van der Waals surface area contributed by atoms with Crippen molar-refractivity contribution in [2.24, 2.45) is 0 Å². The number of ether oxygens (including phenoxy) is 1. The maximum atomic E-state index is 11.4. The fourth-order valence-electron chi connectivity index (χ4n) is 1.47. The Hall–Kier alpha value is -1.84. The van der Waals surface area contributed by atoms with Crippen LogP contribution in [0.25, 0.3) is 5.53 Å². The standard InChI is InChI=1S/C9H6ClN3O2/c1-15-5-3-2-4(10)6-7(5)12-9(14)8(6)13-11/h2-3H,1H3,(H,12,14). The quantitative estimate of drug-likeness (QED) is 0.576. The molecule has 0 unspecified atom stereocenters. The summed E-state index contributed by atoms with van der Waals surface area (Å²) in [5.74, 6) is -0.0275.